The summed E-state index contributed by atoms with van der Waals surface area (Å²) in [5.74, 6) is 3.92. The number of nitrogen functional groups attached to an aromatic ring is 3. The van der Waals surface area contributed by atoms with Crippen LogP contribution in [0.15, 0.2) is 207 Å². The molecular weight excluding hydrogens is 2150 g/mol. The van der Waals surface area contributed by atoms with Crippen LogP contribution in [0.2, 0.25) is 14.8 Å². The fourth-order valence-corrected chi connectivity index (χ4v) is 18.0. The van der Waals surface area contributed by atoms with Crippen LogP contribution in [0.5, 0.6) is 0 Å². The molecule has 0 amide bonds. The number of nitrogens with one attached hydrogen (secondary N) is 3. The number of aryl methyl sites for hydroxylation is 8. The summed E-state index contributed by atoms with van der Waals surface area (Å²) in [4.78, 5) is 34.6. The number of anilines is 9. The van der Waals surface area contributed by atoms with E-state index >= 15 is 0 Å². The quantitative estimate of drug-likeness (QED) is 0.0270. The molecule has 19 nitrogen and oxygen atoms in total. The number of benzene rings is 10. The van der Waals surface area contributed by atoms with Gasteiger partial charge in [-0.15, -0.1) is 9.24 Å². The molecule has 0 saturated carbocycles. The monoisotopic (exact) mass is 2300 g/mol. The first-order valence-corrected chi connectivity index (χ1v) is 59.3. The number of nitrogens with zero attached hydrogens (tertiary/aromatic N) is 13. The number of rotatable bonds is 13. The molecule has 0 radical (unpaired) electrons. The summed E-state index contributed by atoms with van der Waals surface area (Å²) in [6.07, 6.45) is 7.55. The number of para-hydroxylation sites is 3. The maximum atomic E-state index is 9.11. The van der Waals surface area contributed by atoms with E-state index < -0.39 is 18.4 Å². The SMILES string of the molecule is C/C(C#N)=C/c1cc(C)c(-c2cccc3c(N)nc(Nc4ccc(C#N)cc4)nc23)c(C)c1.C/C(C#N)=C/c1cc(C)c(Br)c(C)c1.C/C(C#N)=C\c1cc(C)c(-c2cccc3c(N)nc(Nc4ccc(C#N)cc4)nc23)c(C)c1.C/C(C#N)=C\c1cc(C)c(Br)c(C)c1.CC(C)(C)C(C)(C)C.CC(C)(C)C(C)(C)C.CC(C)(C)P.C[C-](C)C.P.[CH3][Sn]([CH3])([CH3])[c]1cccc2c(N)nc(Nc3ccc(C#N)cc3)nc12.[Pd]. The van der Waals surface area contributed by atoms with Crippen molar-refractivity contribution in [3.05, 3.63) is 297 Å². The molecule has 0 fully saturated rings. The summed E-state index contributed by atoms with van der Waals surface area (Å²) in [6.45, 7) is 63.6. The molecule has 145 heavy (non-hydrogen) atoms. The van der Waals surface area contributed by atoms with Crippen LogP contribution < -0.4 is 36.7 Å². The molecule has 10 aromatic carbocycles. The standard InChI is InChI=1S/2C27H22N6.C15H10N5.2C12H12BrN.2C8H18.C4H11P.C4H9.3CH3.H3P.Pd.Sn/c2*1-16(14-28)11-20-12-17(2)24(18(3)13-20)22-5-4-6-23-25(22)32-27(33-26(23)30)31-21-9-7-19(15-29)8-10-21;16-9-10-5-7-11(8-6-10)18-15-19-13-4-2-1-3-12(13)14(17)20-15;2*1-8(7-14)4-11-5-9(2)12(13)10(3)6-11;2*1-7(2,3)8(4,5)6;1-4(2,3)5;1-4(2)3;;;;;;/h2*4-13H,1-3H3,(H3,30,31,32,33);1-3,5-8H,(H3,17,18,19,20);2*4-6H,1-3H3;2*1-6H3;5H2,1-3H3;1-3H3;4*1H3;;/q;;;;;;;;-1;;;;;;/b16-11+;16-11-;;8-4+;8-4-;;;;;;;;;;. The number of nitriles is 7. The molecule has 0 bridgehead atoms. The largest absolute Gasteiger partial charge is 0 e. The van der Waals surface area contributed by atoms with Gasteiger partial charge in [0.1, 0.15) is 11.6 Å². The normalized spacial score (nSPS) is 11.3. The van der Waals surface area contributed by atoms with Crippen LogP contribution >= 0.6 is 51.0 Å². The number of hydrogen-bond donors (Lipinski definition) is 6. The third-order valence-electron chi connectivity index (χ3n) is 23.2. The van der Waals surface area contributed by atoms with Crippen LogP contribution in [0.25, 0.3) is 79.3 Å². The Kier molecular flexibility index (Phi) is 49.8. The van der Waals surface area contributed by atoms with Crippen molar-refractivity contribution in [1.29, 1.82) is 36.8 Å². The second-order valence-electron chi connectivity index (χ2n) is 42.2. The van der Waals surface area contributed by atoms with Crippen molar-refractivity contribution >= 4 is 182 Å². The predicted molar refractivity (Wildman–Crippen MR) is 631 cm³/mol. The van der Waals surface area contributed by atoms with E-state index in [1.165, 1.54) is 31.8 Å². The Morgan fingerprint density at radius 3 is 0.766 bits per heavy atom. The van der Waals surface area contributed by atoms with Gasteiger partial charge in [-0.2, -0.15) is 72.2 Å². The second kappa shape index (κ2) is 57.0. The van der Waals surface area contributed by atoms with Crippen LogP contribution in [-0.4, -0.2) is 53.4 Å². The van der Waals surface area contributed by atoms with Crippen molar-refractivity contribution in [3.63, 3.8) is 0 Å². The molecule has 0 saturated heterocycles. The van der Waals surface area contributed by atoms with Crippen LogP contribution in [-0.2, 0) is 20.4 Å². The van der Waals surface area contributed by atoms with Gasteiger partial charge in [0.05, 0.1) is 58.6 Å². The van der Waals surface area contributed by atoms with E-state index in [9.17, 15) is 0 Å². The molecular formula is C120H146Br2N19P2PdSn-. The zero-order valence-corrected chi connectivity index (χ0v) is 101. The first-order valence-electron chi connectivity index (χ1n) is 47.2. The van der Waals surface area contributed by atoms with E-state index in [-0.39, 0.29) is 30.3 Å². The van der Waals surface area contributed by atoms with Gasteiger partial charge in [-0.25, -0.2) is 9.97 Å². The summed E-state index contributed by atoms with van der Waals surface area (Å²) < 4.78 is 3.62. The van der Waals surface area contributed by atoms with Crippen molar-refractivity contribution in [2.75, 3.05) is 33.2 Å². The minimum atomic E-state index is -2.33. The topological polar surface area (TPSA) is 358 Å². The van der Waals surface area contributed by atoms with Gasteiger partial charge in [0.25, 0.3) is 0 Å². The summed E-state index contributed by atoms with van der Waals surface area (Å²) in [6, 6.07) is 70.7. The van der Waals surface area contributed by atoms with Crippen LogP contribution in [0.3, 0.4) is 0 Å². The zero-order valence-electron chi connectivity index (χ0n) is 91.0. The Morgan fingerprint density at radius 2 is 0.559 bits per heavy atom. The number of halogens is 2. The van der Waals surface area contributed by atoms with Gasteiger partial charge in [-0.05, 0) is 273 Å². The molecule has 0 aliphatic rings. The minimum absolute atomic E-state index is 0. The van der Waals surface area contributed by atoms with Gasteiger partial charge in [0.2, 0.25) is 11.9 Å². The summed E-state index contributed by atoms with van der Waals surface area (Å²) >= 11 is 4.69. The number of nitrogens with two attached hydrogens (primary N) is 3. The number of fused-ring (bicyclic) bond motifs is 3. The van der Waals surface area contributed by atoms with Crippen molar-refractivity contribution < 1.29 is 20.4 Å². The molecule has 0 aliphatic carbocycles. The molecule has 3 heterocycles. The van der Waals surface area contributed by atoms with Crippen molar-refractivity contribution in [2.24, 2.45) is 21.7 Å². The Labute approximate surface area is 905 Å². The van der Waals surface area contributed by atoms with Gasteiger partial charge >= 0.3 is 146 Å². The van der Waals surface area contributed by atoms with Crippen LogP contribution in [0, 0.1) is 162 Å². The molecule has 0 aliphatic heterocycles. The molecule has 13 aromatic rings. The van der Waals surface area contributed by atoms with E-state index in [0.717, 1.165) is 137 Å². The maximum Gasteiger partial charge on any atom is 0 e. The van der Waals surface area contributed by atoms with E-state index in [1.54, 1.807) is 74.5 Å². The average molecular weight is 2300 g/mol. The predicted octanol–water partition coefficient (Wildman–Crippen LogP) is 32.9. The number of hydrogen-bond acceptors (Lipinski definition) is 19. The van der Waals surface area contributed by atoms with Crippen LogP contribution in [0.4, 0.5) is 52.4 Å². The number of allylic oxidation sites excluding steroid dienone is 4. The smallest absolute Gasteiger partial charge is 0 e. The maximum absolute atomic E-state index is 9.11. The van der Waals surface area contributed by atoms with E-state index in [2.05, 4.69) is 364 Å². The fraction of sp³-hybridized carbons (Fsp3) is 0.317. The average Bonchev–Trinajstić information content (AvgIpc) is 0.785. The Balaban J connectivity index is 0.000000450. The Morgan fingerprint density at radius 1 is 0.352 bits per heavy atom. The summed E-state index contributed by atoms with van der Waals surface area (Å²) in [5.41, 5.74) is 47.2. The van der Waals surface area contributed by atoms with Crippen LogP contribution in [0.1, 0.15) is 236 Å². The second-order valence-corrected chi connectivity index (χ2v) is 59.9. The number of aromatic nitrogens is 6. The fourth-order valence-electron chi connectivity index (χ4n) is 13.2. The molecule has 0 spiro atoms. The first-order chi connectivity index (χ1) is 66.5. The van der Waals surface area contributed by atoms with Gasteiger partial charge in [-0.3, -0.25) is 0 Å². The molecule has 13 rings (SSSR count). The van der Waals surface area contributed by atoms with Crippen molar-refractivity contribution in [1.82, 2.24) is 29.9 Å². The van der Waals surface area contributed by atoms with E-state index in [4.69, 9.17) is 69.0 Å². The van der Waals surface area contributed by atoms with Gasteiger partial charge in [0, 0.05) is 84.9 Å². The third-order valence-corrected chi connectivity index (χ3v) is 31.5. The van der Waals surface area contributed by atoms with Gasteiger partial charge < -0.3 is 28.0 Å². The van der Waals surface area contributed by atoms with Gasteiger partial charge in [-0.1, -0.05) is 209 Å². The van der Waals surface area contributed by atoms with Gasteiger partial charge in [0.15, 0.2) is 0 Å². The third kappa shape index (κ3) is 40.6. The molecule has 3 aromatic heterocycles. The molecule has 9 N–H and O–H groups in total. The summed E-state index contributed by atoms with van der Waals surface area (Å²) in [7, 11) is 2.72. The first kappa shape index (κ1) is 127. The molecule has 25 heteroatoms. The Bertz CT molecular complexity index is 6670. The summed E-state index contributed by atoms with van der Waals surface area (Å²) in [5, 5.41) is 74.8. The van der Waals surface area contributed by atoms with Crippen molar-refractivity contribution in [2.45, 2.75) is 228 Å². The molecule has 2 atom stereocenters. The van der Waals surface area contributed by atoms with E-state index in [0.29, 0.717) is 90.0 Å². The van der Waals surface area contributed by atoms with E-state index in [1.807, 2.05) is 98.8 Å². The minimum Gasteiger partial charge on any atom is 0 e. The zero-order chi connectivity index (χ0) is 108. The van der Waals surface area contributed by atoms with Crippen molar-refractivity contribution in [3.8, 4) is 64.7 Å². The Hall–Kier alpha value is -12.3. The molecule has 2 unspecified atom stereocenters. The molecule has 760 valence electrons.